The van der Waals surface area contributed by atoms with Gasteiger partial charge in [0, 0.05) is 9.75 Å². The summed E-state index contributed by atoms with van der Waals surface area (Å²) in [7, 11) is 0. The SMILES string of the molecule is CC.Cc1cc(C)c(C)s1. The summed E-state index contributed by atoms with van der Waals surface area (Å²) in [6, 6.07) is 2.22. The van der Waals surface area contributed by atoms with Crippen molar-refractivity contribution in [3.8, 4) is 0 Å². The van der Waals surface area contributed by atoms with Gasteiger partial charge in [0.1, 0.15) is 0 Å². The van der Waals surface area contributed by atoms with Crippen molar-refractivity contribution in [2.75, 3.05) is 0 Å². The second kappa shape index (κ2) is 4.51. The number of hydrogen-bond donors (Lipinski definition) is 0. The Labute approximate surface area is 67.9 Å². The van der Waals surface area contributed by atoms with Crippen molar-refractivity contribution in [3.63, 3.8) is 0 Å². The molecule has 0 unspecified atom stereocenters. The first kappa shape index (κ1) is 9.70. The van der Waals surface area contributed by atoms with Crippen LogP contribution in [0.25, 0.3) is 0 Å². The van der Waals surface area contributed by atoms with Crippen LogP contribution in [0.3, 0.4) is 0 Å². The summed E-state index contributed by atoms with van der Waals surface area (Å²) in [5.41, 5.74) is 1.42. The third kappa shape index (κ3) is 2.53. The highest BCUT2D eigenvalue weighted by Crippen LogP contribution is 2.18. The van der Waals surface area contributed by atoms with E-state index in [2.05, 4.69) is 26.8 Å². The van der Waals surface area contributed by atoms with Gasteiger partial charge < -0.3 is 0 Å². The molecule has 0 aliphatic rings. The van der Waals surface area contributed by atoms with Crippen molar-refractivity contribution < 1.29 is 0 Å². The molecule has 0 radical (unpaired) electrons. The van der Waals surface area contributed by atoms with Crippen LogP contribution in [0, 0.1) is 20.8 Å². The van der Waals surface area contributed by atoms with Crippen LogP contribution >= 0.6 is 11.3 Å². The molecule has 0 saturated heterocycles. The second-order valence-corrected chi connectivity index (χ2v) is 3.56. The predicted octanol–water partition coefficient (Wildman–Crippen LogP) is 3.70. The van der Waals surface area contributed by atoms with Crippen LogP contribution in [0.15, 0.2) is 6.07 Å². The van der Waals surface area contributed by atoms with Crippen LogP contribution in [0.2, 0.25) is 0 Å². The maximum atomic E-state index is 2.22. The molecule has 0 amide bonds. The van der Waals surface area contributed by atoms with Gasteiger partial charge in [-0.2, -0.15) is 0 Å². The molecular weight excluding hydrogens is 140 g/mol. The largest absolute Gasteiger partial charge is 0.146 e. The Morgan fingerprint density at radius 3 is 1.70 bits per heavy atom. The molecule has 1 heteroatoms. The molecule has 1 aromatic heterocycles. The molecule has 58 valence electrons. The van der Waals surface area contributed by atoms with Gasteiger partial charge in [0.15, 0.2) is 0 Å². The van der Waals surface area contributed by atoms with Gasteiger partial charge in [-0.25, -0.2) is 0 Å². The summed E-state index contributed by atoms with van der Waals surface area (Å²) in [5.74, 6) is 0. The summed E-state index contributed by atoms with van der Waals surface area (Å²) in [4.78, 5) is 2.86. The Hall–Kier alpha value is -0.300. The molecule has 0 bridgehead atoms. The van der Waals surface area contributed by atoms with Crippen LogP contribution < -0.4 is 0 Å². The fourth-order valence-electron chi connectivity index (χ4n) is 0.758. The van der Waals surface area contributed by atoms with Gasteiger partial charge in [-0.15, -0.1) is 11.3 Å². The molecule has 1 aromatic rings. The van der Waals surface area contributed by atoms with E-state index in [4.69, 9.17) is 0 Å². The number of hydrogen-bond acceptors (Lipinski definition) is 1. The number of aryl methyl sites for hydroxylation is 3. The van der Waals surface area contributed by atoms with Crippen LogP contribution in [0.4, 0.5) is 0 Å². The molecule has 10 heavy (non-hydrogen) atoms. The van der Waals surface area contributed by atoms with Crippen molar-refractivity contribution in [2.45, 2.75) is 34.6 Å². The van der Waals surface area contributed by atoms with Gasteiger partial charge in [0.2, 0.25) is 0 Å². The highest BCUT2D eigenvalue weighted by molar-refractivity contribution is 7.12. The van der Waals surface area contributed by atoms with Gasteiger partial charge in [-0.3, -0.25) is 0 Å². The molecule has 0 saturated carbocycles. The highest BCUT2D eigenvalue weighted by atomic mass is 32.1. The fourth-order valence-corrected chi connectivity index (χ4v) is 1.70. The molecule has 0 aromatic carbocycles. The van der Waals surface area contributed by atoms with Crippen molar-refractivity contribution in [1.82, 2.24) is 0 Å². The van der Waals surface area contributed by atoms with Crippen molar-refractivity contribution in [1.29, 1.82) is 0 Å². The van der Waals surface area contributed by atoms with Gasteiger partial charge >= 0.3 is 0 Å². The Kier molecular flexibility index (Phi) is 4.37. The fraction of sp³-hybridized carbons (Fsp3) is 0.556. The molecule has 0 atom stereocenters. The molecule has 0 aliphatic heterocycles. The molecule has 1 rings (SSSR count). The van der Waals surface area contributed by atoms with Crippen molar-refractivity contribution >= 4 is 11.3 Å². The number of rotatable bonds is 0. The molecular formula is C9H16S. The van der Waals surface area contributed by atoms with E-state index in [1.165, 1.54) is 15.3 Å². The zero-order valence-corrected chi connectivity index (χ0v) is 8.30. The van der Waals surface area contributed by atoms with Gasteiger partial charge in [0.05, 0.1) is 0 Å². The lowest BCUT2D eigenvalue weighted by molar-refractivity contribution is 1.43. The van der Waals surface area contributed by atoms with E-state index in [-0.39, 0.29) is 0 Å². The minimum absolute atomic E-state index is 1.42. The number of thiophene rings is 1. The minimum atomic E-state index is 1.42. The van der Waals surface area contributed by atoms with E-state index in [0.29, 0.717) is 0 Å². The summed E-state index contributed by atoms with van der Waals surface area (Å²) in [6.45, 7) is 10.5. The van der Waals surface area contributed by atoms with E-state index >= 15 is 0 Å². The Morgan fingerprint density at radius 1 is 1.10 bits per heavy atom. The molecule has 0 N–H and O–H groups in total. The molecule has 0 spiro atoms. The molecule has 0 fully saturated rings. The summed E-state index contributed by atoms with van der Waals surface area (Å²) >= 11 is 1.87. The normalized spacial score (nSPS) is 8.50. The first-order valence-corrected chi connectivity index (χ1v) is 4.55. The summed E-state index contributed by atoms with van der Waals surface area (Å²) in [5, 5.41) is 0. The quantitative estimate of drug-likeness (QED) is 0.537. The summed E-state index contributed by atoms with van der Waals surface area (Å²) in [6.07, 6.45) is 0. The molecule has 0 nitrogen and oxygen atoms in total. The van der Waals surface area contributed by atoms with Crippen LogP contribution in [-0.2, 0) is 0 Å². The smallest absolute Gasteiger partial charge is 0.00462 e. The first-order valence-electron chi connectivity index (χ1n) is 3.74. The highest BCUT2D eigenvalue weighted by Gasteiger charge is 1.93. The van der Waals surface area contributed by atoms with Crippen LogP contribution in [-0.4, -0.2) is 0 Å². The van der Waals surface area contributed by atoms with Crippen molar-refractivity contribution in [2.24, 2.45) is 0 Å². The van der Waals surface area contributed by atoms with Crippen molar-refractivity contribution in [3.05, 3.63) is 21.4 Å². The Balaban J connectivity index is 0.000000371. The zero-order valence-electron chi connectivity index (χ0n) is 7.49. The van der Waals surface area contributed by atoms with E-state index in [1.807, 2.05) is 25.2 Å². The van der Waals surface area contributed by atoms with E-state index in [0.717, 1.165) is 0 Å². The summed E-state index contributed by atoms with van der Waals surface area (Å²) < 4.78 is 0. The minimum Gasteiger partial charge on any atom is -0.146 e. The average molecular weight is 156 g/mol. The third-order valence-electron chi connectivity index (χ3n) is 1.29. The maximum Gasteiger partial charge on any atom is 0.00462 e. The molecule has 0 aliphatic carbocycles. The third-order valence-corrected chi connectivity index (χ3v) is 2.36. The zero-order chi connectivity index (χ0) is 8.15. The molecule has 1 heterocycles. The lowest BCUT2D eigenvalue weighted by Gasteiger charge is -1.79. The van der Waals surface area contributed by atoms with E-state index in [9.17, 15) is 0 Å². The van der Waals surface area contributed by atoms with Gasteiger partial charge in [-0.1, -0.05) is 13.8 Å². The Bertz CT molecular complexity index is 167. The maximum absolute atomic E-state index is 2.22. The lowest BCUT2D eigenvalue weighted by atomic mass is 10.3. The van der Waals surface area contributed by atoms with Crippen LogP contribution in [0.5, 0.6) is 0 Å². The topological polar surface area (TPSA) is 0 Å². The average Bonchev–Trinajstić information content (AvgIpc) is 2.16. The Morgan fingerprint density at radius 2 is 1.60 bits per heavy atom. The predicted molar refractivity (Wildman–Crippen MR) is 49.9 cm³/mol. The monoisotopic (exact) mass is 156 g/mol. The van der Waals surface area contributed by atoms with Gasteiger partial charge in [-0.05, 0) is 32.4 Å². The van der Waals surface area contributed by atoms with Crippen LogP contribution in [0.1, 0.15) is 29.2 Å². The van der Waals surface area contributed by atoms with Gasteiger partial charge in [0.25, 0.3) is 0 Å². The first-order chi connectivity index (χ1) is 4.70. The standard InChI is InChI=1S/C7H10S.C2H6/c1-5-4-6(2)8-7(5)3;1-2/h4H,1-3H3;1-2H3. The second-order valence-electron chi connectivity index (χ2n) is 2.10. The van der Waals surface area contributed by atoms with E-state index in [1.54, 1.807) is 0 Å². The lowest BCUT2D eigenvalue weighted by Crippen LogP contribution is -1.62. The van der Waals surface area contributed by atoms with E-state index < -0.39 is 0 Å².